The second kappa shape index (κ2) is 5.29. The Morgan fingerprint density at radius 3 is 3.08 bits per heavy atom. The minimum absolute atomic E-state index is 0.0804. The number of nitrogens with zero attached hydrogens (tertiary/aromatic N) is 2. The van der Waals surface area contributed by atoms with Crippen molar-refractivity contribution in [3.05, 3.63) is 18.2 Å². The summed E-state index contributed by atoms with van der Waals surface area (Å²) in [5.41, 5.74) is 6.92. The van der Waals surface area contributed by atoms with E-state index in [0.717, 1.165) is 12.2 Å². The van der Waals surface area contributed by atoms with Gasteiger partial charge in [-0.25, -0.2) is 4.98 Å². The first-order chi connectivity index (χ1) is 6.25. The fourth-order valence-corrected chi connectivity index (χ4v) is 1.69. The van der Waals surface area contributed by atoms with Gasteiger partial charge in [-0.1, -0.05) is 0 Å². The molecule has 1 heterocycles. The van der Waals surface area contributed by atoms with Gasteiger partial charge in [0.05, 0.1) is 12.0 Å². The highest BCUT2D eigenvalue weighted by molar-refractivity contribution is 7.98. The summed E-state index contributed by atoms with van der Waals surface area (Å²) in [6.45, 7) is 3.01. The van der Waals surface area contributed by atoms with E-state index in [1.807, 2.05) is 31.2 Å². The maximum atomic E-state index is 5.80. The number of hydrogen-bond acceptors (Lipinski definition) is 3. The van der Waals surface area contributed by atoms with E-state index in [1.54, 1.807) is 0 Å². The molecule has 74 valence electrons. The zero-order valence-corrected chi connectivity index (χ0v) is 9.05. The Hall–Kier alpha value is -0.480. The van der Waals surface area contributed by atoms with Gasteiger partial charge in [0.25, 0.3) is 0 Å². The SMILES string of the molecule is CSCCCn1cncc1[C@H](C)N. The molecule has 0 fully saturated rings. The Labute approximate surface area is 83.7 Å². The van der Waals surface area contributed by atoms with Crippen molar-refractivity contribution < 1.29 is 0 Å². The normalized spacial score (nSPS) is 13.2. The van der Waals surface area contributed by atoms with Crippen LogP contribution in [0.5, 0.6) is 0 Å². The quantitative estimate of drug-likeness (QED) is 0.733. The van der Waals surface area contributed by atoms with Gasteiger partial charge in [-0.15, -0.1) is 0 Å². The molecule has 0 aliphatic heterocycles. The number of aryl methyl sites for hydroxylation is 1. The van der Waals surface area contributed by atoms with E-state index in [-0.39, 0.29) is 6.04 Å². The van der Waals surface area contributed by atoms with E-state index >= 15 is 0 Å². The van der Waals surface area contributed by atoms with Crippen molar-refractivity contribution in [3.63, 3.8) is 0 Å². The molecule has 0 bridgehead atoms. The van der Waals surface area contributed by atoms with Crippen molar-refractivity contribution in [2.75, 3.05) is 12.0 Å². The number of rotatable bonds is 5. The van der Waals surface area contributed by atoms with Crippen molar-refractivity contribution in [1.29, 1.82) is 0 Å². The summed E-state index contributed by atoms with van der Waals surface area (Å²) < 4.78 is 2.14. The zero-order chi connectivity index (χ0) is 9.68. The van der Waals surface area contributed by atoms with E-state index < -0.39 is 0 Å². The zero-order valence-electron chi connectivity index (χ0n) is 8.23. The van der Waals surface area contributed by atoms with Gasteiger partial charge < -0.3 is 10.3 Å². The largest absolute Gasteiger partial charge is 0.333 e. The molecule has 13 heavy (non-hydrogen) atoms. The fraction of sp³-hybridized carbons (Fsp3) is 0.667. The van der Waals surface area contributed by atoms with Gasteiger partial charge >= 0.3 is 0 Å². The topological polar surface area (TPSA) is 43.8 Å². The molecule has 2 N–H and O–H groups in total. The summed E-state index contributed by atoms with van der Waals surface area (Å²) in [6.07, 6.45) is 7.01. The summed E-state index contributed by atoms with van der Waals surface area (Å²) >= 11 is 1.87. The fourth-order valence-electron chi connectivity index (χ4n) is 1.28. The molecule has 0 amide bonds. The number of imidazole rings is 1. The minimum Gasteiger partial charge on any atom is -0.333 e. The average molecular weight is 199 g/mol. The summed E-state index contributed by atoms with van der Waals surface area (Å²) in [4.78, 5) is 4.10. The molecule has 0 saturated carbocycles. The highest BCUT2D eigenvalue weighted by atomic mass is 32.2. The van der Waals surface area contributed by atoms with Crippen LogP contribution in [0.15, 0.2) is 12.5 Å². The van der Waals surface area contributed by atoms with Crippen molar-refractivity contribution >= 4 is 11.8 Å². The molecular formula is C9H17N3S. The van der Waals surface area contributed by atoms with Gasteiger partial charge in [-0.2, -0.15) is 11.8 Å². The Kier molecular flexibility index (Phi) is 4.32. The van der Waals surface area contributed by atoms with Gasteiger partial charge in [-0.3, -0.25) is 0 Å². The molecule has 0 aliphatic carbocycles. The van der Waals surface area contributed by atoms with E-state index in [9.17, 15) is 0 Å². The lowest BCUT2D eigenvalue weighted by atomic mass is 10.2. The van der Waals surface area contributed by atoms with Crippen LogP contribution in [0.3, 0.4) is 0 Å². The van der Waals surface area contributed by atoms with E-state index in [1.165, 1.54) is 12.2 Å². The summed E-state index contributed by atoms with van der Waals surface area (Å²) in [5, 5.41) is 0. The third-order valence-electron chi connectivity index (χ3n) is 1.96. The van der Waals surface area contributed by atoms with Crippen LogP contribution in [0.4, 0.5) is 0 Å². The van der Waals surface area contributed by atoms with Crippen molar-refractivity contribution in [2.45, 2.75) is 25.9 Å². The number of aromatic nitrogens is 2. The molecule has 0 spiro atoms. The number of nitrogens with two attached hydrogens (primary N) is 1. The van der Waals surface area contributed by atoms with Crippen molar-refractivity contribution in [3.8, 4) is 0 Å². The molecule has 1 rings (SSSR count). The highest BCUT2D eigenvalue weighted by Crippen LogP contribution is 2.09. The smallest absolute Gasteiger partial charge is 0.0948 e. The average Bonchev–Trinajstić information content (AvgIpc) is 2.53. The van der Waals surface area contributed by atoms with Crippen molar-refractivity contribution in [1.82, 2.24) is 9.55 Å². The first-order valence-electron chi connectivity index (χ1n) is 4.50. The lowest BCUT2D eigenvalue weighted by molar-refractivity contribution is 0.617. The second-order valence-electron chi connectivity index (χ2n) is 3.15. The maximum absolute atomic E-state index is 5.80. The number of thioether (sulfide) groups is 1. The molecule has 1 aromatic heterocycles. The summed E-state index contributed by atoms with van der Waals surface area (Å²) in [7, 11) is 0. The van der Waals surface area contributed by atoms with Gasteiger partial charge in [0.2, 0.25) is 0 Å². The third-order valence-corrected chi connectivity index (χ3v) is 2.66. The number of hydrogen-bond donors (Lipinski definition) is 1. The van der Waals surface area contributed by atoms with Gasteiger partial charge in [0.1, 0.15) is 0 Å². The first kappa shape index (κ1) is 10.6. The van der Waals surface area contributed by atoms with Gasteiger partial charge in [0.15, 0.2) is 0 Å². The molecule has 0 aliphatic rings. The lowest BCUT2D eigenvalue weighted by Crippen LogP contribution is -2.12. The predicted octanol–water partition coefficient (Wildman–Crippen LogP) is 1.66. The Bertz CT molecular complexity index is 245. The minimum atomic E-state index is 0.0804. The summed E-state index contributed by atoms with van der Waals surface area (Å²) in [5.74, 6) is 1.19. The van der Waals surface area contributed by atoms with Crippen molar-refractivity contribution in [2.24, 2.45) is 5.73 Å². The molecule has 0 aromatic carbocycles. The van der Waals surface area contributed by atoms with E-state index in [2.05, 4.69) is 15.8 Å². The van der Waals surface area contributed by atoms with Crippen LogP contribution in [0.2, 0.25) is 0 Å². The van der Waals surface area contributed by atoms with E-state index in [0.29, 0.717) is 0 Å². The first-order valence-corrected chi connectivity index (χ1v) is 5.89. The second-order valence-corrected chi connectivity index (χ2v) is 4.13. The van der Waals surface area contributed by atoms with E-state index in [4.69, 9.17) is 5.73 Å². The maximum Gasteiger partial charge on any atom is 0.0948 e. The summed E-state index contributed by atoms with van der Waals surface area (Å²) in [6, 6.07) is 0.0804. The van der Waals surface area contributed by atoms with Crippen LogP contribution in [0.1, 0.15) is 25.1 Å². The molecule has 1 aromatic rings. The van der Waals surface area contributed by atoms with Crippen LogP contribution < -0.4 is 5.73 Å². The molecular weight excluding hydrogens is 182 g/mol. The monoisotopic (exact) mass is 199 g/mol. The highest BCUT2D eigenvalue weighted by Gasteiger charge is 2.05. The molecule has 4 heteroatoms. The molecule has 0 unspecified atom stereocenters. The standard InChI is InChI=1S/C9H17N3S/c1-8(10)9-6-11-7-12(9)4-3-5-13-2/h6-8H,3-5,10H2,1-2H3/t8-/m0/s1. The van der Waals surface area contributed by atoms with Crippen LogP contribution in [0.25, 0.3) is 0 Å². The molecule has 1 atom stereocenters. The molecule has 3 nitrogen and oxygen atoms in total. The molecule has 0 saturated heterocycles. The van der Waals surface area contributed by atoms with Crippen LogP contribution in [-0.4, -0.2) is 21.6 Å². The van der Waals surface area contributed by atoms with Crippen LogP contribution in [0, 0.1) is 0 Å². The Balaban J connectivity index is 2.50. The Morgan fingerprint density at radius 2 is 2.46 bits per heavy atom. The third kappa shape index (κ3) is 3.04. The molecule has 0 radical (unpaired) electrons. The van der Waals surface area contributed by atoms with Crippen LogP contribution >= 0.6 is 11.8 Å². The van der Waals surface area contributed by atoms with Gasteiger partial charge in [-0.05, 0) is 25.4 Å². The van der Waals surface area contributed by atoms with Crippen LogP contribution in [-0.2, 0) is 6.54 Å². The lowest BCUT2D eigenvalue weighted by Gasteiger charge is -2.09. The van der Waals surface area contributed by atoms with Gasteiger partial charge in [0, 0.05) is 18.8 Å². The Morgan fingerprint density at radius 1 is 1.69 bits per heavy atom. The predicted molar refractivity (Wildman–Crippen MR) is 57.8 cm³/mol.